The number of carbonyl (C=O) groups is 1. The van der Waals surface area contributed by atoms with Gasteiger partial charge >= 0.3 is 0 Å². The summed E-state index contributed by atoms with van der Waals surface area (Å²) in [6, 6.07) is 2.27. The van der Waals surface area contributed by atoms with E-state index in [1.54, 1.807) is 11.3 Å². The molecule has 0 aliphatic carbocycles. The predicted octanol–water partition coefficient (Wildman–Crippen LogP) is 1.53. The summed E-state index contributed by atoms with van der Waals surface area (Å²) in [4.78, 5) is 16.5. The molecule has 1 aromatic heterocycles. The molecule has 5 nitrogen and oxygen atoms in total. The van der Waals surface area contributed by atoms with Crippen molar-refractivity contribution in [1.29, 1.82) is 0 Å². The average molecular weight is 342 g/mol. The van der Waals surface area contributed by atoms with E-state index in [2.05, 4.69) is 11.4 Å². The Morgan fingerprint density at radius 3 is 2.91 bits per heavy atom. The number of hydrogen-bond acceptors (Lipinski definition) is 5. The van der Waals surface area contributed by atoms with E-state index in [1.807, 2.05) is 22.2 Å². The molecule has 3 heterocycles. The van der Waals surface area contributed by atoms with E-state index >= 15 is 0 Å². The van der Waals surface area contributed by atoms with Gasteiger partial charge in [-0.15, -0.1) is 0 Å². The maximum absolute atomic E-state index is 12.6. The standard InChI is InChI=1S/C15H22N2O3S2/c1-16(13-5-8-22(19,20)11-13)9-15(18)17-6-2-3-14(17)12-4-7-21-10-12/h4,7,10,13-14H,2-3,5-6,8-9,11H2,1H3/t13-,14+/m1/s1. The van der Waals surface area contributed by atoms with E-state index in [0.29, 0.717) is 13.0 Å². The van der Waals surface area contributed by atoms with E-state index < -0.39 is 9.84 Å². The minimum atomic E-state index is -2.91. The van der Waals surface area contributed by atoms with Crippen molar-refractivity contribution in [3.05, 3.63) is 22.4 Å². The van der Waals surface area contributed by atoms with Gasteiger partial charge in [-0.2, -0.15) is 11.3 Å². The number of thiophene rings is 1. The fourth-order valence-electron chi connectivity index (χ4n) is 3.43. The molecule has 2 aliphatic rings. The molecular formula is C15H22N2O3S2. The summed E-state index contributed by atoms with van der Waals surface area (Å²) in [5, 5.41) is 4.16. The van der Waals surface area contributed by atoms with E-state index in [1.165, 1.54) is 5.56 Å². The minimum Gasteiger partial charge on any atom is -0.335 e. The van der Waals surface area contributed by atoms with Crippen molar-refractivity contribution in [3.8, 4) is 0 Å². The molecule has 0 spiro atoms. The highest BCUT2D eigenvalue weighted by Crippen LogP contribution is 2.33. The Morgan fingerprint density at radius 2 is 2.27 bits per heavy atom. The van der Waals surface area contributed by atoms with Crippen LogP contribution in [0.25, 0.3) is 0 Å². The first-order valence-corrected chi connectivity index (χ1v) is 10.4. The molecule has 2 atom stereocenters. The summed E-state index contributed by atoms with van der Waals surface area (Å²) < 4.78 is 23.1. The molecule has 1 aromatic rings. The van der Waals surface area contributed by atoms with Crippen LogP contribution >= 0.6 is 11.3 Å². The number of nitrogens with zero attached hydrogens (tertiary/aromatic N) is 2. The van der Waals surface area contributed by atoms with Gasteiger partial charge < -0.3 is 4.90 Å². The Balaban J connectivity index is 1.62. The zero-order valence-electron chi connectivity index (χ0n) is 12.8. The van der Waals surface area contributed by atoms with Gasteiger partial charge in [0.25, 0.3) is 0 Å². The smallest absolute Gasteiger partial charge is 0.237 e. The number of amides is 1. The SMILES string of the molecule is CN(CC(=O)N1CCC[C@H]1c1ccsc1)[C@@H]1CCS(=O)(=O)C1. The van der Waals surface area contributed by atoms with Gasteiger partial charge in [-0.05, 0) is 48.7 Å². The molecule has 0 aromatic carbocycles. The first-order valence-electron chi connectivity index (χ1n) is 7.68. The third kappa shape index (κ3) is 3.36. The van der Waals surface area contributed by atoms with Crippen LogP contribution in [0.15, 0.2) is 16.8 Å². The first kappa shape index (κ1) is 16.0. The molecule has 1 amide bonds. The van der Waals surface area contributed by atoms with E-state index in [0.717, 1.165) is 19.4 Å². The molecule has 0 bridgehead atoms. The van der Waals surface area contributed by atoms with Crippen molar-refractivity contribution in [3.63, 3.8) is 0 Å². The Hall–Kier alpha value is -0.920. The van der Waals surface area contributed by atoms with Crippen LogP contribution in [0.5, 0.6) is 0 Å². The van der Waals surface area contributed by atoms with E-state index in [-0.39, 0.29) is 29.5 Å². The second-order valence-electron chi connectivity index (χ2n) is 6.27. The van der Waals surface area contributed by atoms with Gasteiger partial charge in [0, 0.05) is 12.6 Å². The van der Waals surface area contributed by atoms with Gasteiger partial charge in [-0.25, -0.2) is 8.42 Å². The maximum atomic E-state index is 12.6. The lowest BCUT2D eigenvalue weighted by Gasteiger charge is -2.29. The highest BCUT2D eigenvalue weighted by atomic mass is 32.2. The largest absolute Gasteiger partial charge is 0.335 e. The quantitative estimate of drug-likeness (QED) is 0.833. The van der Waals surface area contributed by atoms with Crippen LogP contribution in [0.3, 0.4) is 0 Å². The molecule has 7 heteroatoms. The fraction of sp³-hybridized carbons (Fsp3) is 0.667. The van der Waals surface area contributed by atoms with Crippen molar-refractivity contribution < 1.29 is 13.2 Å². The van der Waals surface area contributed by atoms with Crippen molar-refractivity contribution in [2.24, 2.45) is 0 Å². The highest BCUT2D eigenvalue weighted by molar-refractivity contribution is 7.91. The molecule has 2 aliphatic heterocycles. The van der Waals surface area contributed by atoms with Gasteiger partial charge in [0.15, 0.2) is 9.84 Å². The first-order chi connectivity index (χ1) is 10.5. The lowest BCUT2D eigenvalue weighted by Crippen LogP contribution is -2.43. The van der Waals surface area contributed by atoms with Crippen LogP contribution in [0.4, 0.5) is 0 Å². The molecule has 2 saturated heterocycles. The number of rotatable bonds is 4. The molecule has 0 radical (unpaired) electrons. The van der Waals surface area contributed by atoms with Crippen LogP contribution in [0, 0.1) is 0 Å². The van der Waals surface area contributed by atoms with Crippen LogP contribution in [-0.2, 0) is 14.6 Å². The predicted molar refractivity (Wildman–Crippen MR) is 87.7 cm³/mol. The number of carbonyl (C=O) groups excluding carboxylic acids is 1. The third-order valence-electron chi connectivity index (χ3n) is 4.72. The molecule has 2 fully saturated rings. The number of likely N-dealkylation sites (tertiary alicyclic amines) is 1. The Morgan fingerprint density at radius 1 is 1.45 bits per heavy atom. The summed E-state index contributed by atoms with van der Waals surface area (Å²) in [6.45, 7) is 1.11. The molecule has 0 saturated carbocycles. The average Bonchev–Trinajstić information content (AvgIpc) is 3.17. The summed E-state index contributed by atoms with van der Waals surface area (Å²) in [6.07, 6.45) is 2.69. The zero-order valence-corrected chi connectivity index (χ0v) is 14.4. The number of sulfone groups is 1. The van der Waals surface area contributed by atoms with Gasteiger partial charge in [-0.3, -0.25) is 9.69 Å². The summed E-state index contributed by atoms with van der Waals surface area (Å²) in [5.74, 6) is 0.544. The second-order valence-corrected chi connectivity index (χ2v) is 9.28. The number of likely N-dealkylation sites (N-methyl/N-ethyl adjacent to an activating group) is 1. The van der Waals surface area contributed by atoms with Crippen LogP contribution in [0.2, 0.25) is 0 Å². The van der Waals surface area contributed by atoms with Crippen molar-refractivity contribution >= 4 is 27.1 Å². The maximum Gasteiger partial charge on any atom is 0.237 e. The normalized spacial score (nSPS) is 27.6. The van der Waals surface area contributed by atoms with Gasteiger partial charge in [0.2, 0.25) is 5.91 Å². The minimum absolute atomic E-state index is 0.0175. The second kappa shape index (κ2) is 6.29. The van der Waals surface area contributed by atoms with Crippen LogP contribution in [0.1, 0.15) is 30.9 Å². The molecule has 3 rings (SSSR count). The molecule has 22 heavy (non-hydrogen) atoms. The van der Waals surface area contributed by atoms with E-state index in [9.17, 15) is 13.2 Å². The lowest BCUT2D eigenvalue weighted by atomic mass is 10.1. The summed E-state index contributed by atoms with van der Waals surface area (Å²) in [7, 11) is -1.05. The highest BCUT2D eigenvalue weighted by Gasteiger charge is 2.34. The molecular weight excluding hydrogens is 320 g/mol. The third-order valence-corrected chi connectivity index (χ3v) is 7.17. The topological polar surface area (TPSA) is 57.7 Å². The van der Waals surface area contributed by atoms with Crippen molar-refractivity contribution in [1.82, 2.24) is 9.80 Å². The summed E-state index contributed by atoms with van der Waals surface area (Å²) in [5.41, 5.74) is 1.22. The van der Waals surface area contributed by atoms with Crippen LogP contribution in [-0.4, -0.2) is 61.8 Å². The Labute approximate surface area is 135 Å². The fourth-order valence-corrected chi connectivity index (χ4v) is 5.94. The van der Waals surface area contributed by atoms with E-state index in [4.69, 9.17) is 0 Å². The monoisotopic (exact) mass is 342 g/mol. The lowest BCUT2D eigenvalue weighted by molar-refractivity contribution is -0.133. The van der Waals surface area contributed by atoms with Gasteiger partial charge in [0.1, 0.15) is 0 Å². The van der Waals surface area contributed by atoms with Crippen LogP contribution < -0.4 is 0 Å². The van der Waals surface area contributed by atoms with Crippen molar-refractivity contribution in [2.45, 2.75) is 31.3 Å². The Kier molecular flexibility index (Phi) is 4.56. The molecule has 122 valence electrons. The number of hydrogen-bond donors (Lipinski definition) is 0. The van der Waals surface area contributed by atoms with Gasteiger partial charge in [0.05, 0.1) is 24.1 Å². The molecule has 0 unspecified atom stereocenters. The van der Waals surface area contributed by atoms with Gasteiger partial charge in [-0.1, -0.05) is 0 Å². The zero-order chi connectivity index (χ0) is 15.7. The summed E-state index contributed by atoms with van der Waals surface area (Å²) >= 11 is 1.66. The Bertz CT molecular complexity index is 627. The molecule has 0 N–H and O–H groups in total. The van der Waals surface area contributed by atoms with Crippen molar-refractivity contribution in [2.75, 3.05) is 31.6 Å².